The largest absolute Gasteiger partial charge is 0.382 e. The predicted molar refractivity (Wildman–Crippen MR) is 79.5 cm³/mol. The molecule has 3 heterocycles. The molecule has 1 aliphatic rings. The molecule has 8 heteroatoms. The Kier molecular flexibility index (Phi) is 3.59. The fraction of sp³-hybridized carbons (Fsp3) is 0.308. The Morgan fingerprint density at radius 2 is 1.52 bits per heavy atom. The summed E-state index contributed by atoms with van der Waals surface area (Å²) in [5.74, 6) is 1.34. The third-order valence-corrected chi connectivity index (χ3v) is 3.35. The van der Waals surface area contributed by atoms with Crippen molar-refractivity contribution >= 4 is 17.6 Å². The molecule has 0 spiro atoms. The number of nitrogens with zero attached hydrogens (tertiary/aromatic N) is 6. The molecule has 1 fully saturated rings. The summed E-state index contributed by atoms with van der Waals surface area (Å²) in [5, 5.41) is 7.59. The highest BCUT2D eigenvalue weighted by Crippen LogP contribution is 2.18. The average molecular weight is 284 g/mol. The van der Waals surface area contributed by atoms with Crippen LogP contribution in [-0.4, -0.2) is 52.0 Å². The number of hydrogen-bond acceptors (Lipinski definition) is 7. The molecular weight excluding hydrogens is 268 g/mol. The van der Waals surface area contributed by atoms with Crippen molar-refractivity contribution < 1.29 is 0 Å². The topological polar surface area (TPSA) is 108 Å². The number of nitrogen functional groups attached to an aromatic ring is 1. The maximum Gasteiger partial charge on any atom is 0.225 e. The van der Waals surface area contributed by atoms with Crippen LogP contribution < -0.4 is 15.5 Å². The molecule has 3 N–H and O–H groups in total. The van der Waals surface area contributed by atoms with Crippen LogP contribution in [0.15, 0.2) is 30.9 Å². The summed E-state index contributed by atoms with van der Waals surface area (Å²) in [6.07, 6.45) is 6.65. The number of amidine groups is 1. The highest BCUT2D eigenvalue weighted by atomic mass is 15.3. The van der Waals surface area contributed by atoms with Gasteiger partial charge in [-0.05, 0) is 6.07 Å². The normalized spacial score (nSPS) is 15.0. The quantitative estimate of drug-likeness (QED) is 0.597. The highest BCUT2D eigenvalue weighted by molar-refractivity contribution is 5.97. The van der Waals surface area contributed by atoms with Crippen molar-refractivity contribution in [3.63, 3.8) is 0 Å². The lowest BCUT2D eigenvalue weighted by atomic mass is 10.3. The van der Waals surface area contributed by atoms with Crippen molar-refractivity contribution in [2.75, 3.05) is 36.0 Å². The minimum absolute atomic E-state index is 0.0630. The van der Waals surface area contributed by atoms with Gasteiger partial charge < -0.3 is 15.5 Å². The smallest absolute Gasteiger partial charge is 0.225 e. The first-order valence-electron chi connectivity index (χ1n) is 6.68. The average Bonchev–Trinajstić information content (AvgIpc) is 2.56. The first kappa shape index (κ1) is 13.2. The Balaban J connectivity index is 1.73. The molecule has 0 aromatic carbocycles. The molecule has 21 heavy (non-hydrogen) atoms. The second-order valence-electron chi connectivity index (χ2n) is 4.67. The summed E-state index contributed by atoms with van der Waals surface area (Å²) in [6, 6.07) is 1.80. The number of rotatable bonds is 3. The zero-order valence-electron chi connectivity index (χ0n) is 11.5. The fourth-order valence-electron chi connectivity index (χ4n) is 2.32. The van der Waals surface area contributed by atoms with E-state index < -0.39 is 0 Å². The lowest BCUT2D eigenvalue weighted by Gasteiger charge is -2.35. The zero-order valence-corrected chi connectivity index (χ0v) is 11.5. The van der Waals surface area contributed by atoms with Gasteiger partial charge in [0, 0.05) is 51.0 Å². The van der Waals surface area contributed by atoms with E-state index in [1.165, 1.54) is 0 Å². The van der Waals surface area contributed by atoms with Crippen LogP contribution in [0.2, 0.25) is 0 Å². The minimum atomic E-state index is -0.0630. The molecule has 3 rings (SSSR count). The summed E-state index contributed by atoms with van der Waals surface area (Å²) >= 11 is 0. The summed E-state index contributed by atoms with van der Waals surface area (Å²) in [7, 11) is 0. The molecule has 0 atom stereocenters. The fourth-order valence-corrected chi connectivity index (χ4v) is 2.32. The van der Waals surface area contributed by atoms with E-state index in [1.807, 2.05) is 0 Å². The Morgan fingerprint density at radius 1 is 0.905 bits per heavy atom. The van der Waals surface area contributed by atoms with Gasteiger partial charge in [0.25, 0.3) is 0 Å². The first-order chi connectivity index (χ1) is 10.3. The summed E-state index contributed by atoms with van der Waals surface area (Å²) in [4.78, 5) is 21.2. The van der Waals surface area contributed by atoms with E-state index in [9.17, 15) is 0 Å². The third kappa shape index (κ3) is 2.73. The third-order valence-electron chi connectivity index (χ3n) is 3.35. The van der Waals surface area contributed by atoms with Crippen LogP contribution >= 0.6 is 0 Å². The van der Waals surface area contributed by atoms with Gasteiger partial charge >= 0.3 is 0 Å². The van der Waals surface area contributed by atoms with E-state index in [0.717, 1.165) is 32.1 Å². The highest BCUT2D eigenvalue weighted by Gasteiger charge is 2.22. The Hall–Kier alpha value is -2.77. The SMILES string of the molecule is N=C(N)c1nccnc1N1CCN(c2ncccn2)CC1. The van der Waals surface area contributed by atoms with Crippen LogP contribution in [-0.2, 0) is 0 Å². The molecule has 0 unspecified atom stereocenters. The number of hydrogen-bond donors (Lipinski definition) is 2. The first-order valence-corrected chi connectivity index (χ1v) is 6.68. The van der Waals surface area contributed by atoms with Crippen molar-refractivity contribution in [3.8, 4) is 0 Å². The van der Waals surface area contributed by atoms with E-state index in [0.29, 0.717) is 11.5 Å². The van der Waals surface area contributed by atoms with Gasteiger partial charge in [0.05, 0.1) is 0 Å². The second-order valence-corrected chi connectivity index (χ2v) is 4.67. The molecule has 0 aliphatic carbocycles. The molecule has 0 amide bonds. The summed E-state index contributed by atoms with van der Waals surface area (Å²) < 4.78 is 0. The predicted octanol–water partition coefficient (Wildman–Crippen LogP) is -0.123. The van der Waals surface area contributed by atoms with Crippen molar-refractivity contribution in [3.05, 3.63) is 36.5 Å². The van der Waals surface area contributed by atoms with E-state index in [4.69, 9.17) is 11.1 Å². The summed E-state index contributed by atoms with van der Waals surface area (Å²) in [5.41, 5.74) is 6.00. The van der Waals surface area contributed by atoms with Gasteiger partial charge in [0.15, 0.2) is 5.82 Å². The number of nitrogens with two attached hydrogens (primary N) is 1. The lowest BCUT2D eigenvalue weighted by molar-refractivity contribution is 0.633. The van der Waals surface area contributed by atoms with E-state index in [-0.39, 0.29) is 5.84 Å². The molecular formula is C13H16N8. The van der Waals surface area contributed by atoms with E-state index >= 15 is 0 Å². The van der Waals surface area contributed by atoms with Crippen LogP contribution in [0.25, 0.3) is 0 Å². The molecule has 1 aliphatic heterocycles. The van der Waals surface area contributed by atoms with Crippen molar-refractivity contribution in [2.24, 2.45) is 5.73 Å². The van der Waals surface area contributed by atoms with Gasteiger partial charge in [0.2, 0.25) is 5.95 Å². The van der Waals surface area contributed by atoms with Gasteiger partial charge in [-0.1, -0.05) is 0 Å². The molecule has 2 aromatic heterocycles. The molecule has 0 bridgehead atoms. The van der Waals surface area contributed by atoms with Crippen molar-refractivity contribution in [1.29, 1.82) is 5.41 Å². The second kappa shape index (κ2) is 5.70. The van der Waals surface area contributed by atoms with Crippen LogP contribution in [0.1, 0.15) is 5.69 Å². The molecule has 108 valence electrons. The minimum Gasteiger partial charge on any atom is -0.382 e. The number of piperazine rings is 1. The van der Waals surface area contributed by atoms with Crippen LogP contribution in [0, 0.1) is 5.41 Å². The maximum atomic E-state index is 7.59. The van der Waals surface area contributed by atoms with E-state index in [2.05, 4.69) is 29.7 Å². The van der Waals surface area contributed by atoms with Crippen molar-refractivity contribution in [2.45, 2.75) is 0 Å². The summed E-state index contributed by atoms with van der Waals surface area (Å²) in [6.45, 7) is 3.10. The molecule has 0 saturated carbocycles. The van der Waals surface area contributed by atoms with Gasteiger partial charge in [0.1, 0.15) is 11.5 Å². The number of anilines is 2. The standard InChI is InChI=1S/C13H16N8/c14-11(15)10-12(17-5-4-16-10)20-6-8-21(9-7-20)13-18-2-1-3-19-13/h1-5H,6-9H2,(H3,14,15). The molecule has 2 aromatic rings. The monoisotopic (exact) mass is 284 g/mol. The van der Waals surface area contributed by atoms with Gasteiger partial charge in [-0.15, -0.1) is 0 Å². The molecule has 8 nitrogen and oxygen atoms in total. The lowest BCUT2D eigenvalue weighted by Crippen LogP contribution is -2.48. The van der Waals surface area contributed by atoms with Crippen LogP contribution in [0.4, 0.5) is 11.8 Å². The van der Waals surface area contributed by atoms with Gasteiger partial charge in [-0.2, -0.15) is 0 Å². The maximum absolute atomic E-state index is 7.59. The van der Waals surface area contributed by atoms with Crippen LogP contribution in [0.3, 0.4) is 0 Å². The zero-order chi connectivity index (χ0) is 14.7. The van der Waals surface area contributed by atoms with Gasteiger partial charge in [-0.3, -0.25) is 5.41 Å². The number of nitrogens with one attached hydrogen (secondary N) is 1. The van der Waals surface area contributed by atoms with Gasteiger partial charge in [-0.25, -0.2) is 19.9 Å². The Morgan fingerprint density at radius 3 is 2.19 bits per heavy atom. The molecule has 1 saturated heterocycles. The van der Waals surface area contributed by atoms with Crippen LogP contribution in [0.5, 0.6) is 0 Å². The van der Waals surface area contributed by atoms with Crippen molar-refractivity contribution in [1.82, 2.24) is 19.9 Å². The Bertz CT molecular complexity index is 621. The number of aromatic nitrogens is 4. The van der Waals surface area contributed by atoms with E-state index in [1.54, 1.807) is 30.9 Å². The Labute approximate surface area is 122 Å². The molecule has 0 radical (unpaired) electrons.